The van der Waals surface area contributed by atoms with Crippen molar-refractivity contribution in [3.05, 3.63) is 25.7 Å². The average molecular weight is 186 g/mol. The van der Waals surface area contributed by atoms with Crippen LogP contribution in [0.1, 0.15) is 19.8 Å². The summed E-state index contributed by atoms with van der Waals surface area (Å²) in [6.45, 7) is 8.52. The van der Waals surface area contributed by atoms with Gasteiger partial charge in [0.1, 0.15) is 0 Å². The predicted molar refractivity (Wildman–Crippen MR) is 47.7 cm³/mol. The maximum atomic E-state index is 10.8. The number of ether oxygens (including phenoxy) is 3. The molecule has 0 amide bonds. The summed E-state index contributed by atoms with van der Waals surface area (Å²) >= 11 is 0. The second-order valence-electron chi connectivity index (χ2n) is 2.17. The lowest BCUT2D eigenvalue weighted by molar-refractivity contribution is -0.0833. The monoisotopic (exact) mass is 186 g/mol. The van der Waals surface area contributed by atoms with Gasteiger partial charge in [-0.25, -0.2) is 4.79 Å². The quantitative estimate of drug-likeness (QED) is 0.363. The summed E-state index contributed by atoms with van der Waals surface area (Å²) in [6, 6.07) is 0. The lowest BCUT2D eigenvalue weighted by atomic mass is 10.3. The molecule has 0 aromatic rings. The summed E-state index contributed by atoms with van der Waals surface area (Å²) in [4.78, 5) is 10.8. The zero-order chi connectivity index (χ0) is 10.1. The van der Waals surface area contributed by atoms with E-state index in [1.165, 1.54) is 6.26 Å². The van der Waals surface area contributed by atoms with E-state index in [-0.39, 0.29) is 0 Å². The molecule has 1 atom stereocenters. The molecule has 4 heteroatoms. The lowest BCUT2D eigenvalue weighted by Crippen LogP contribution is -2.18. The fourth-order valence-electron chi connectivity index (χ4n) is 0.701. The molecule has 74 valence electrons. The molecule has 0 heterocycles. The number of hydrogen-bond acceptors (Lipinski definition) is 4. The third-order valence-electron chi connectivity index (χ3n) is 1.18. The van der Waals surface area contributed by atoms with Gasteiger partial charge in [0.15, 0.2) is 0 Å². The van der Waals surface area contributed by atoms with Crippen molar-refractivity contribution >= 4 is 6.16 Å². The molecule has 0 N–H and O–H groups in total. The Labute approximate surface area is 77.8 Å². The molecule has 0 aliphatic carbocycles. The van der Waals surface area contributed by atoms with Gasteiger partial charge in [0.25, 0.3) is 0 Å². The standard InChI is InChI=1S/C9H14O4/c1-4-7-8(11-5-2)13-9(10)12-6-3/h5-6,8H,2-4,7H2,1H3. The van der Waals surface area contributed by atoms with Crippen LogP contribution >= 0.6 is 0 Å². The van der Waals surface area contributed by atoms with Crippen molar-refractivity contribution in [2.75, 3.05) is 0 Å². The van der Waals surface area contributed by atoms with E-state index in [4.69, 9.17) is 9.47 Å². The largest absolute Gasteiger partial charge is 0.516 e. The van der Waals surface area contributed by atoms with Gasteiger partial charge in [-0.05, 0) is 6.42 Å². The van der Waals surface area contributed by atoms with Crippen molar-refractivity contribution in [3.8, 4) is 0 Å². The van der Waals surface area contributed by atoms with E-state index in [2.05, 4.69) is 17.9 Å². The first-order valence-corrected chi connectivity index (χ1v) is 3.99. The second kappa shape index (κ2) is 7.21. The van der Waals surface area contributed by atoms with Gasteiger partial charge >= 0.3 is 6.16 Å². The number of hydrogen-bond donors (Lipinski definition) is 0. The molecule has 0 aliphatic rings. The van der Waals surface area contributed by atoms with Crippen LogP contribution in [0.25, 0.3) is 0 Å². The van der Waals surface area contributed by atoms with Gasteiger partial charge in [-0.2, -0.15) is 0 Å². The highest BCUT2D eigenvalue weighted by Crippen LogP contribution is 2.05. The van der Waals surface area contributed by atoms with Crippen molar-refractivity contribution in [3.63, 3.8) is 0 Å². The van der Waals surface area contributed by atoms with Crippen molar-refractivity contribution < 1.29 is 19.0 Å². The summed E-state index contributed by atoms with van der Waals surface area (Å²) in [5, 5.41) is 0. The van der Waals surface area contributed by atoms with Gasteiger partial charge in [-0.15, -0.1) is 0 Å². The molecule has 0 aliphatic heterocycles. The van der Waals surface area contributed by atoms with Crippen LogP contribution in [0.2, 0.25) is 0 Å². The molecular weight excluding hydrogens is 172 g/mol. The molecule has 0 spiro atoms. The maximum Gasteiger partial charge on any atom is 0.516 e. The third-order valence-corrected chi connectivity index (χ3v) is 1.18. The molecule has 1 unspecified atom stereocenters. The molecule has 0 radical (unpaired) electrons. The van der Waals surface area contributed by atoms with Crippen LogP contribution in [-0.4, -0.2) is 12.4 Å². The molecule has 0 saturated heterocycles. The zero-order valence-corrected chi connectivity index (χ0v) is 7.69. The topological polar surface area (TPSA) is 44.8 Å². The van der Waals surface area contributed by atoms with E-state index in [0.29, 0.717) is 6.42 Å². The van der Waals surface area contributed by atoms with Crippen LogP contribution in [-0.2, 0) is 14.2 Å². The number of rotatable bonds is 6. The van der Waals surface area contributed by atoms with Crippen LogP contribution in [0, 0.1) is 0 Å². The first kappa shape index (κ1) is 11.6. The predicted octanol–water partition coefficient (Wildman–Crippen LogP) is 2.57. The van der Waals surface area contributed by atoms with Crippen molar-refractivity contribution in [1.82, 2.24) is 0 Å². The van der Waals surface area contributed by atoms with Crippen molar-refractivity contribution in [2.45, 2.75) is 26.1 Å². The SMILES string of the molecule is C=COC(=O)OC(CCC)OC=C. The van der Waals surface area contributed by atoms with E-state index >= 15 is 0 Å². The van der Waals surface area contributed by atoms with E-state index in [1.54, 1.807) is 0 Å². The molecule has 0 aromatic heterocycles. The minimum atomic E-state index is -0.824. The first-order valence-electron chi connectivity index (χ1n) is 3.99. The first-order chi connectivity index (χ1) is 6.24. The number of carbonyl (C=O) groups excluding carboxylic acids is 1. The molecule has 4 nitrogen and oxygen atoms in total. The van der Waals surface area contributed by atoms with E-state index in [1.807, 2.05) is 6.92 Å². The van der Waals surface area contributed by atoms with Crippen LogP contribution in [0.15, 0.2) is 25.7 Å². The molecule has 0 bridgehead atoms. The van der Waals surface area contributed by atoms with Gasteiger partial charge in [0, 0.05) is 6.42 Å². The molecular formula is C9H14O4. The molecule has 0 aromatic carbocycles. The van der Waals surface area contributed by atoms with Crippen LogP contribution in [0.3, 0.4) is 0 Å². The zero-order valence-electron chi connectivity index (χ0n) is 7.69. The lowest BCUT2D eigenvalue weighted by Gasteiger charge is -2.14. The normalized spacial score (nSPS) is 11.2. The van der Waals surface area contributed by atoms with E-state index in [0.717, 1.165) is 12.7 Å². The Hall–Kier alpha value is -1.45. The Kier molecular flexibility index (Phi) is 6.41. The minimum absolute atomic E-state index is 0.595. The van der Waals surface area contributed by atoms with E-state index < -0.39 is 12.4 Å². The summed E-state index contributed by atoms with van der Waals surface area (Å²) in [5.74, 6) is 0. The Morgan fingerprint density at radius 1 is 1.46 bits per heavy atom. The second-order valence-corrected chi connectivity index (χ2v) is 2.17. The van der Waals surface area contributed by atoms with Gasteiger partial charge < -0.3 is 14.2 Å². The van der Waals surface area contributed by atoms with Crippen LogP contribution < -0.4 is 0 Å². The summed E-state index contributed by atoms with van der Waals surface area (Å²) in [7, 11) is 0. The summed E-state index contributed by atoms with van der Waals surface area (Å²) in [6.07, 6.45) is 2.20. The Morgan fingerprint density at radius 2 is 2.15 bits per heavy atom. The highest BCUT2D eigenvalue weighted by molar-refractivity contribution is 5.60. The maximum absolute atomic E-state index is 10.8. The van der Waals surface area contributed by atoms with E-state index in [9.17, 15) is 4.79 Å². The highest BCUT2D eigenvalue weighted by atomic mass is 16.8. The molecule has 0 fully saturated rings. The third kappa shape index (κ3) is 5.78. The van der Waals surface area contributed by atoms with Gasteiger partial charge in [0.05, 0.1) is 12.5 Å². The number of carbonyl (C=O) groups is 1. The Balaban J connectivity index is 3.84. The molecule has 0 saturated carbocycles. The minimum Gasteiger partial charge on any atom is -0.463 e. The van der Waals surface area contributed by atoms with Gasteiger partial charge in [-0.1, -0.05) is 20.1 Å². The van der Waals surface area contributed by atoms with Gasteiger partial charge in [0.2, 0.25) is 6.29 Å². The Morgan fingerprint density at radius 3 is 2.62 bits per heavy atom. The fourth-order valence-corrected chi connectivity index (χ4v) is 0.701. The Bertz CT molecular complexity index is 176. The fraction of sp³-hybridized carbons (Fsp3) is 0.444. The van der Waals surface area contributed by atoms with Crippen molar-refractivity contribution in [1.29, 1.82) is 0 Å². The van der Waals surface area contributed by atoms with Crippen LogP contribution in [0.4, 0.5) is 4.79 Å². The summed E-state index contributed by atoms with van der Waals surface area (Å²) < 4.78 is 14.0. The van der Waals surface area contributed by atoms with Crippen LogP contribution in [0.5, 0.6) is 0 Å². The molecule has 0 rings (SSSR count). The van der Waals surface area contributed by atoms with Crippen molar-refractivity contribution in [2.24, 2.45) is 0 Å². The van der Waals surface area contributed by atoms with Gasteiger partial charge in [-0.3, -0.25) is 0 Å². The average Bonchev–Trinajstić information content (AvgIpc) is 2.05. The highest BCUT2D eigenvalue weighted by Gasteiger charge is 2.13. The summed E-state index contributed by atoms with van der Waals surface area (Å²) in [5.41, 5.74) is 0. The smallest absolute Gasteiger partial charge is 0.463 e. The molecule has 13 heavy (non-hydrogen) atoms.